The fourth-order valence-electron chi connectivity index (χ4n) is 1.65. The number of aromatic nitrogens is 3. The summed E-state index contributed by atoms with van der Waals surface area (Å²) in [7, 11) is 1.47. The van der Waals surface area contributed by atoms with Crippen molar-refractivity contribution >= 4 is 5.97 Å². The van der Waals surface area contributed by atoms with Crippen LogP contribution in [0.3, 0.4) is 0 Å². The smallest absolute Gasteiger partial charge is 0.339 e. The second kappa shape index (κ2) is 5.57. The van der Waals surface area contributed by atoms with Crippen molar-refractivity contribution in [1.82, 2.24) is 14.8 Å². The third kappa shape index (κ3) is 3.14. The molecule has 0 aliphatic heterocycles. The lowest BCUT2D eigenvalue weighted by atomic mass is 10.2. The zero-order chi connectivity index (χ0) is 13.8. The number of hydrogen-bond donors (Lipinski definition) is 1. The van der Waals surface area contributed by atoms with Gasteiger partial charge in [0.25, 0.3) is 0 Å². The molecule has 6 nitrogen and oxygen atoms in total. The predicted octanol–water partition coefficient (Wildman–Crippen LogP) is 1.31. The zero-order valence-electron chi connectivity index (χ0n) is 10.2. The molecule has 2 rings (SSSR count). The van der Waals surface area contributed by atoms with Crippen LogP contribution in [0.4, 0.5) is 4.39 Å². The minimum absolute atomic E-state index is 0.0944. The van der Waals surface area contributed by atoms with Crippen molar-refractivity contribution in [3.8, 4) is 0 Å². The van der Waals surface area contributed by atoms with E-state index < -0.39 is 11.9 Å². The van der Waals surface area contributed by atoms with Crippen LogP contribution < -0.4 is 0 Å². The van der Waals surface area contributed by atoms with Gasteiger partial charge in [0.1, 0.15) is 11.3 Å². The Bertz CT molecular complexity index is 580. The normalized spacial score (nSPS) is 10.6. The van der Waals surface area contributed by atoms with E-state index in [1.165, 1.54) is 30.3 Å². The molecule has 0 bridgehead atoms. The van der Waals surface area contributed by atoms with Gasteiger partial charge in [-0.25, -0.2) is 9.78 Å². The molecule has 7 heteroatoms. The summed E-state index contributed by atoms with van der Waals surface area (Å²) in [4.78, 5) is 14.6. The highest BCUT2D eigenvalue weighted by Crippen LogP contribution is 2.10. The van der Waals surface area contributed by atoms with Crippen molar-refractivity contribution in [2.75, 3.05) is 7.11 Å². The third-order valence-electron chi connectivity index (χ3n) is 2.48. The van der Waals surface area contributed by atoms with E-state index in [-0.39, 0.29) is 12.2 Å². The summed E-state index contributed by atoms with van der Waals surface area (Å²) in [5, 5.41) is 13.2. The lowest BCUT2D eigenvalue weighted by Gasteiger charge is -2.00. The standard InChI is InChI=1S/C12H12FN3O3/c1-19-7-10-9(12(17)18)6-16(15-10)5-8-2-3-11(13)14-4-8/h2-4,6H,5,7H2,1H3,(H,17,18). The highest BCUT2D eigenvalue weighted by atomic mass is 19.1. The minimum atomic E-state index is -1.06. The monoisotopic (exact) mass is 265 g/mol. The van der Waals surface area contributed by atoms with Gasteiger partial charge in [0.05, 0.1) is 13.2 Å². The Morgan fingerprint density at radius 2 is 2.32 bits per heavy atom. The molecule has 0 spiro atoms. The molecule has 0 radical (unpaired) electrons. The van der Waals surface area contributed by atoms with Crippen LogP contribution in [0.15, 0.2) is 24.5 Å². The largest absolute Gasteiger partial charge is 0.478 e. The summed E-state index contributed by atoms with van der Waals surface area (Å²) in [6.45, 7) is 0.438. The van der Waals surface area contributed by atoms with Crippen molar-refractivity contribution in [3.05, 3.63) is 47.3 Å². The Kier molecular flexibility index (Phi) is 3.86. The number of hydrogen-bond acceptors (Lipinski definition) is 4. The first-order chi connectivity index (χ1) is 9.10. The maximum Gasteiger partial charge on any atom is 0.339 e. The second-order valence-corrected chi connectivity index (χ2v) is 3.91. The number of rotatable bonds is 5. The number of carbonyl (C=O) groups is 1. The van der Waals surface area contributed by atoms with Gasteiger partial charge in [-0.1, -0.05) is 6.07 Å². The summed E-state index contributed by atoms with van der Waals surface area (Å²) in [5.74, 6) is -1.62. The summed E-state index contributed by atoms with van der Waals surface area (Å²) in [6.07, 6.45) is 2.80. The summed E-state index contributed by atoms with van der Waals surface area (Å²) >= 11 is 0. The molecule has 0 atom stereocenters. The first kappa shape index (κ1) is 13.2. The average Bonchev–Trinajstić information content (AvgIpc) is 2.76. The molecule has 0 aromatic carbocycles. The van der Waals surface area contributed by atoms with Crippen molar-refractivity contribution in [2.45, 2.75) is 13.2 Å². The summed E-state index contributed by atoms with van der Waals surface area (Å²) in [6, 6.07) is 2.81. The molecule has 0 unspecified atom stereocenters. The molecule has 2 heterocycles. The maximum atomic E-state index is 12.7. The average molecular weight is 265 g/mol. The van der Waals surface area contributed by atoms with Crippen molar-refractivity contribution in [3.63, 3.8) is 0 Å². The highest BCUT2D eigenvalue weighted by molar-refractivity contribution is 5.88. The number of nitrogens with zero attached hydrogens (tertiary/aromatic N) is 3. The van der Waals surface area contributed by atoms with Crippen molar-refractivity contribution in [1.29, 1.82) is 0 Å². The number of carboxylic acids is 1. The first-order valence-corrected chi connectivity index (χ1v) is 5.49. The lowest BCUT2D eigenvalue weighted by Crippen LogP contribution is -2.02. The summed E-state index contributed by atoms with van der Waals surface area (Å²) in [5.41, 5.74) is 1.17. The number of methoxy groups -OCH3 is 1. The van der Waals surface area contributed by atoms with Gasteiger partial charge in [0, 0.05) is 19.5 Å². The first-order valence-electron chi connectivity index (χ1n) is 5.49. The third-order valence-corrected chi connectivity index (χ3v) is 2.48. The number of aromatic carboxylic acids is 1. The van der Waals surface area contributed by atoms with Crippen molar-refractivity contribution in [2.24, 2.45) is 0 Å². The predicted molar refractivity (Wildman–Crippen MR) is 63.2 cm³/mol. The highest BCUT2D eigenvalue weighted by Gasteiger charge is 2.15. The molecule has 0 saturated carbocycles. The fraction of sp³-hybridized carbons (Fsp3) is 0.250. The molecule has 1 N–H and O–H groups in total. The molecule has 0 saturated heterocycles. The van der Waals surface area contributed by atoms with E-state index in [9.17, 15) is 9.18 Å². The van der Waals surface area contributed by atoms with Crippen LogP contribution in [0.1, 0.15) is 21.6 Å². The van der Waals surface area contributed by atoms with Crippen LogP contribution in [0.5, 0.6) is 0 Å². The number of carboxylic acid groups (broad SMARTS) is 1. The van der Waals surface area contributed by atoms with Crippen LogP contribution >= 0.6 is 0 Å². The molecule has 2 aromatic rings. The second-order valence-electron chi connectivity index (χ2n) is 3.91. The maximum absolute atomic E-state index is 12.7. The molecule has 0 aliphatic rings. The lowest BCUT2D eigenvalue weighted by molar-refractivity contribution is 0.0691. The number of halogens is 1. The van der Waals surface area contributed by atoms with Gasteiger partial charge in [-0.15, -0.1) is 0 Å². The van der Waals surface area contributed by atoms with Crippen LogP contribution in [0.25, 0.3) is 0 Å². The van der Waals surface area contributed by atoms with Crippen LogP contribution in [0, 0.1) is 5.95 Å². The number of pyridine rings is 1. The Morgan fingerprint density at radius 3 is 2.89 bits per heavy atom. The quantitative estimate of drug-likeness (QED) is 0.825. The van der Waals surface area contributed by atoms with Gasteiger partial charge in [0.15, 0.2) is 0 Å². The molecule has 2 aromatic heterocycles. The van der Waals surface area contributed by atoms with Crippen LogP contribution in [-0.2, 0) is 17.9 Å². The molecule has 0 aliphatic carbocycles. The van der Waals surface area contributed by atoms with Gasteiger partial charge in [0.2, 0.25) is 5.95 Å². The minimum Gasteiger partial charge on any atom is -0.478 e. The fourth-order valence-corrected chi connectivity index (χ4v) is 1.65. The molecule has 19 heavy (non-hydrogen) atoms. The summed E-state index contributed by atoms with van der Waals surface area (Å²) < 4.78 is 19.0. The van der Waals surface area contributed by atoms with Crippen LogP contribution in [0.2, 0.25) is 0 Å². The Morgan fingerprint density at radius 1 is 1.53 bits per heavy atom. The molecule has 0 fully saturated rings. The van der Waals surface area contributed by atoms with E-state index in [1.807, 2.05) is 0 Å². The van der Waals surface area contributed by atoms with Crippen molar-refractivity contribution < 1.29 is 19.0 Å². The van der Waals surface area contributed by atoms with Gasteiger partial charge >= 0.3 is 5.97 Å². The SMILES string of the molecule is COCc1nn(Cc2ccc(F)nc2)cc1C(=O)O. The number of ether oxygens (including phenoxy) is 1. The van der Waals surface area contributed by atoms with E-state index in [1.54, 1.807) is 6.07 Å². The van der Waals surface area contributed by atoms with Gasteiger partial charge < -0.3 is 9.84 Å². The van der Waals surface area contributed by atoms with Crippen LogP contribution in [-0.4, -0.2) is 33.0 Å². The topological polar surface area (TPSA) is 77.2 Å². The van der Waals surface area contributed by atoms with Gasteiger partial charge in [-0.2, -0.15) is 9.49 Å². The Hall–Kier alpha value is -2.28. The van der Waals surface area contributed by atoms with E-state index in [0.29, 0.717) is 12.2 Å². The van der Waals surface area contributed by atoms with Gasteiger partial charge in [-0.05, 0) is 11.6 Å². The molecule has 0 amide bonds. The molecular formula is C12H12FN3O3. The zero-order valence-corrected chi connectivity index (χ0v) is 10.2. The van der Waals surface area contributed by atoms with E-state index in [4.69, 9.17) is 9.84 Å². The Balaban J connectivity index is 2.23. The molecule has 100 valence electrons. The van der Waals surface area contributed by atoms with Gasteiger partial charge in [-0.3, -0.25) is 4.68 Å². The van der Waals surface area contributed by atoms with E-state index in [0.717, 1.165) is 5.56 Å². The molecular weight excluding hydrogens is 253 g/mol. The van der Waals surface area contributed by atoms with E-state index >= 15 is 0 Å². The Labute approximate surface area is 108 Å². The van der Waals surface area contributed by atoms with E-state index in [2.05, 4.69) is 10.1 Å².